The van der Waals surface area contributed by atoms with Gasteiger partial charge in [0.1, 0.15) is 5.75 Å². The Kier molecular flexibility index (Phi) is 9.28. The highest BCUT2D eigenvalue weighted by Crippen LogP contribution is 2.38. The number of pyridine rings is 1. The second-order valence-corrected chi connectivity index (χ2v) is 8.78. The molecule has 3 aromatic rings. The molecule has 0 unspecified atom stereocenters. The van der Waals surface area contributed by atoms with Crippen molar-refractivity contribution < 1.29 is 32.9 Å². The van der Waals surface area contributed by atoms with Gasteiger partial charge in [-0.25, -0.2) is 4.39 Å². The molecule has 202 valence electrons. The lowest BCUT2D eigenvalue weighted by Gasteiger charge is -2.23. The van der Waals surface area contributed by atoms with Crippen LogP contribution in [0.4, 0.5) is 10.1 Å². The van der Waals surface area contributed by atoms with Crippen LogP contribution in [0.25, 0.3) is 10.9 Å². The predicted molar refractivity (Wildman–Crippen MR) is 139 cm³/mol. The minimum absolute atomic E-state index is 0.0646. The van der Waals surface area contributed by atoms with E-state index in [1.165, 1.54) is 19.2 Å². The van der Waals surface area contributed by atoms with Gasteiger partial charge < -0.3 is 34.9 Å². The SMILES string of the molecule is COCCNC(=O)C(=O)Nc1ccc(Oc2ccnc3cc(OCC4CCNCC4)c(OC)cc23)c(F)c1. The summed E-state index contributed by atoms with van der Waals surface area (Å²) in [4.78, 5) is 28.2. The number of benzene rings is 2. The summed E-state index contributed by atoms with van der Waals surface area (Å²) < 4.78 is 37.2. The molecule has 4 rings (SSSR count). The first-order valence-electron chi connectivity index (χ1n) is 12.3. The van der Waals surface area contributed by atoms with Gasteiger partial charge in [0.2, 0.25) is 0 Å². The molecule has 1 saturated heterocycles. The van der Waals surface area contributed by atoms with Crippen molar-refractivity contribution in [3.63, 3.8) is 0 Å². The minimum Gasteiger partial charge on any atom is -0.493 e. The maximum Gasteiger partial charge on any atom is 0.313 e. The molecule has 2 heterocycles. The predicted octanol–water partition coefficient (Wildman–Crippen LogP) is 3.25. The molecule has 0 atom stereocenters. The Morgan fingerprint density at radius 3 is 2.58 bits per heavy atom. The second kappa shape index (κ2) is 13.0. The average Bonchev–Trinajstić information content (AvgIpc) is 2.93. The second-order valence-electron chi connectivity index (χ2n) is 8.78. The van der Waals surface area contributed by atoms with Crippen LogP contribution in [-0.2, 0) is 14.3 Å². The zero-order valence-corrected chi connectivity index (χ0v) is 21.3. The number of nitrogens with one attached hydrogen (secondary N) is 3. The fourth-order valence-electron chi connectivity index (χ4n) is 4.06. The van der Waals surface area contributed by atoms with Gasteiger partial charge in [-0.15, -0.1) is 0 Å². The topological polar surface area (TPSA) is 120 Å². The lowest BCUT2D eigenvalue weighted by atomic mass is 9.99. The summed E-state index contributed by atoms with van der Waals surface area (Å²) in [5, 5.41) is 8.71. The zero-order valence-electron chi connectivity index (χ0n) is 21.3. The number of hydrogen-bond acceptors (Lipinski definition) is 8. The molecule has 1 aliphatic heterocycles. The van der Waals surface area contributed by atoms with E-state index in [0.29, 0.717) is 40.7 Å². The van der Waals surface area contributed by atoms with E-state index in [0.717, 1.165) is 32.0 Å². The van der Waals surface area contributed by atoms with Crippen LogP contribution in [0.3, 0.4) is 0 Å². The summed E-state index contributed by atoms with van der Waals surface area (Å²) in [6, 6.07) is 9.05. The molecule has 0 radical (unpaired) electrons. The van der Waals surface area contributed by atoms with Crippen LogP contribution >= 0.6 is 0 Å². The van der Waals surface area contributed by atoms with Crippen LogP contribution in [0.2, 0.25) is 0 Å². The van der Waals surface area contributed by atoms with Crippen LogP contribution in [0.1, 0.15) is 12.8 Å². The monoisotopic (exact) mass is 526 g/mol. The van der Waals surface area contributed by atoms with Crippen LogP contribution in [0.15, 0.2) is 42.6 Å². The number of aromatic nitrogens is 1. The Bertz CT molecular complexity index is 1280. The van der Waals surface area contributed by atoms with Gasteiger partial charge in [-0.05, 0) is 56.1 Å². The maximum atomic E-state index is 14.9. The van der Waals surface area contributed by atoms with Crippen molar-refractivity contribution in [3.05, 3.63) is 48.4 Å². The molecule has 2 amide bonds. The molecule has 3 N–H and O–H groups in total. The van der Waals surface area contributed by atoms with Crippen molar-refractivity contribution >= 4 is 28.4 Å². The van der Waals surface area contributed by atoms with E-state index >= 15 is 0 Å². The highest BCUT2D eigenvalue weighted by atomic mass is 19.1. The van der Waals surface area contributed by atoms with Gasteiger partial charge in [0.25, 0.3) is 0 Å². The summed E-state index contributed by atoms with van der Waals surface area (Å²) in [6.07, 6.45) is 3.68. The minimum atomic E-state index is -0.917. The molecular weight excluding hydrogens is 495 g/mol. The first-order chi connectivity index (χ1) is 18.5. The number of nitrogens with zero attached hydrogens (tertiary/aromatic N) is 1. The molecule has 1 aromatic heterocycles. The third-order valence-corrected chi connectivity index (χ3v) is 6.13. The molecule has 0 aliphatic carbocycles. The molecule has 0 spiro atoms. The number of halogens is 1. The molecule has 11 heteroatoms. The van der Waals surface area contributed by atoms with E-state index in [1.54, 1.807) is 31.5 Å². The van der Waals surface area contributed by atoms with Crippen molar-refractivity contribution in [2.45, 2.75) is 12.8 Å². The highest BCUT2D eigenvalue weighted by Gasteiger charge is 2.18. The number of carbonyl (C=O) groups excluding carboxylic acids is 2. The number of rotatable bonds is 10. The number of carbonyl (C=O) groups is 2. The van der Waals surface area contributed by atoms with Crippen LogP contribution in [0.5, 0.6) is 23.0 Å². The summed E-state index contributed by atoms with van der Waals surface area (Å²) in [5.74, 6) is -0.607. The molecule has 0 saturated carbocycles. The molecule has 38 heavy (non-hydrogen) atoms. The number of piperidine rings is 1. The Morgan fingerprint density at radius 2 is 1.84 bits per heavy atom. The van der Waals surface area contributed by atoms with Gasteiger partial charge in [0.15, 0.2) is 23.1 Å². The van der Waals surface area contributed by atoms with E-state index in [2.05, 4.69) is 20.9 Å². The maximum absolute atomic E-state index is 14.9. The first kappa shape index (κ1) is 27.1. The Morgan fingerprint density at radius 1 is 1.03 bits per heavy atom. The molecule has 1 aliphatic rings. The average molecular weight is 527 g/mol. The van der Waals surface area contributed by atoms with Crippen LogP contribution < -0.4 is 30.2 Å². The van der Waals surface area contributed by atoms with Crippen LogP contribution in [0, 0.1) is 11.7 Å². The summed E-state index contributed by atoms with van der Waals surface area (Å²) in [7, 11) is 3.03. The molecule has 1 fully saturated rings. The number of amides is 2. The molecular formula is C27H31FN4O6. The largest absolute Gasteiger partial charge is 0.493 e. The molecule has 2 aromatic carbocycles. The Hall–Kier alpha value is -3.96. The third-order valence-electron chi connectivity index (χ3n) is 6.13. The van der Waals surface area contributed by atoms with E-state index in [-0.39, 0.29) is 24.6 Å². The standard InChI is InChI=1S/C27H31FN4O6/c1-35-12-11-31-26(33)27(34)32-18-3-4-23(20(28)13-18)38-22-7-10-30-21-15-25(24(36-2)14-19(21)22)37-16-17-5-8-29-9-6-17/h3-4,7,10,13-15,17,29H,5-6,8-9,11-12,16H2,1-2H3,(H,31,33)(H,32,34). The van der Waals surface area contributed by atoms with Gasteiger partial charge in [0.05, 0.1) is 25.8 Å². The van der Waals surface area contributed by atoms with Crippen LogP contribution in [-0.4, -0.2) is 63.9 Å². The van der Waals surface area contributed by atoms with Gasteiger partial charge in [-0.1, -0.05) is 0 Å². The lowest BCUT2D eigenvalue weighted by molar-refractivity contribution is -0.136. The van der Waals surface area contributed by atoms with Crippen molar-refractivity contribution in [2.75, 3.05) is 52.4 Å². The highest BCUT2D eigenvalue weighted by molar-refractivity contribution is 6.39. The third kappa shape index (κ3) is 6.87. The Balaban J connectivity index is 1.47. The van der Waals surface area contributed by atoms with Gasteiger partial charge in [-0.3, -0.25) is 14.6 Å². The smallest absolute Gasteiger partial charge is 0.313 e. The fourth-order valence-corrected chi connectivity index (χ4v) is 4.06. The van der Waals surface area contributed by atoms with E-state index < -0.39 is 17.6 Å². The van der Waals surface area contributed by atoms with Gasteiger partial charge >= 0.3 is 11.8 Å². The molecule has 0 bridgehead atoms. The number of methoxy groups -OCH3 is 2. The first-order valence-corrected chi connectivity index (χ1v) is 12.3. The van der Waals surface area contributed by atoms with E-state index in [1.807, 2.05) is 0 Å². The van der Waals surface area contributed by atoms with E-state index in [9.17, 15) is 14.0 Å². The van der Waals surface area contributed by atoms with Crippen molar-refractivity contribution in [1.29, 1.82) is 0 Å². The normalized spacial score (nSPS) is 13.7. The number of anilines is 1. The summed E-state index contributed by atoms with van der Waals surface area (Å²) >= 11 is 0. The van der Waals surface area contributed by atoms with Crippen molar-refractivity contribution in [2.24, 2.45) is 5.92 Å². The lowest BCUT2D eigenvalue weighted by Crippen LogP contribution is -2.37. The number of ether oxygens (including phenoxy) is 4. The summed E-state index contributed by atoms with van der Waals surface area (Å²) in [6.45, 7) is 3.00. The molecule has 10 nitrogen and oxygen atoms in total. The van der Waals surface area contributed by atoms with Crippen molar-refractivity contribution in [3.8, 4) is 23.0 Å². The van der Waals surface area contributed by atoms with Gasteiger partial charge in [-0.2, -0.15) is 0 Å². The van der Waals surface area contributed by atoms with E-state index in [4.69, 9.17) is 18.9 Å². The summed E-state index contributed by atoms with van der Waals surface area (Å²) in [5.41, 5.74) is 0.714. The number of hydrogen-bond donors (Lipinski definition) is 3. The Labute approximate surface area is 219 Å². The fraction of sp³-hybridized carbons (Fsp3) is 0.370. The number of fused-ring (bicyclic) bond motifs is 1. The van der Waals surface area contributed by atoms with Crippen molar-refractivity contribution in [1.82, 2.24) is 15.6 Å². The quantitative estimate of drug-likeness (QED) is 0.272. The van der Waals surface area contributed by atoms with Gasteiger partial charge in [0, 0.05) is 43.1 Å². The zero-order chi connectivity index (χ0) is 26.9.